The van der Waals surface area contributed by atoms with Crippen LogP contribution < -0.4 is 5.73 Å². The summed E-state index contributed by atoms with van der Waals surface area (Å²) in [6.45, 7) is 4.46. The normalized spacial score (nSPS) is 31.4. The molecule has 5 heteroatoms. The number of nitrogens with two attached hydrogens (primary N) is 1. The monoisotopic (exact) mass is 285 g/mol. The maximum Gasteiger partial charge on any atom is 0.326 e. The van der Waals surface area contributed by atoms with E-state index in [9.17, 15) is 4.79 Å². The van der Waals surface area contributed by atoms with Gasteiger partial charge in [-0.2, -0.15) is 0 Å². The lowest BCUT2D eigenvalue weighted by Gasteiger charge is -2.30. The van der Waals surface area contributed by atoms with Gasteiger partial charge in [-0.05, 0) is 44.9 Å². The van der Waals surface area contributed by atoms with Crippen molar-refractivity contribution in [2.75, 3.05) is 26.4 Å². The molecule has 0 radical (unpaired) electrons. The Bertz CT molecular complexity index is 317. The van der Waals surface area contributed by atoms with Gasteiger partial charge in [-0.3, -0.25) is 4.79 Å². The van der Waals surface area contributed by atoms with E-state index in [0.29, 0.717) is 19.3 Å². The van der Waals surface area contributed by atoms with Crippen molar-refractivity contribution in [3.63, 3.8) is 0 Å². The number of carbonyl (C=O) groups excluding carboxylic acids is 1. The molecule has 20 heavy (non-hydrogen) atoms. The van der Waals surface area contributed by atoms with Gasteiger partial charge in [-0.1, -0.05) is 6.42 Å². The molecule has 2 aliphatic rings. The topological polar surface area (TPSA) is 70.8 Å². The van der Waals surface area contributed by atoms with Crippen LogP contribution in [0.2, 0.25) is 0 Å². The van der Waals surface area contributed by atoms with Gasteiger partial charge in [0.25, 0.3) is 0 Å². The molecule has 0 spiro atoms. The van der Waals surface area contributed by atoms with E-state index >= 15 is 0 Å². The second kappa shape index (κ2) is 7.38. The molecule has 2 N–H and O–H groups in total. The molecule has 2 rings (SSSR count). The van der Waals surface area contributed by atoms with Gasteiger partial charge in [0.05, 0.1) is 12.7 Å². The fraction of sp³-hybridized carbons (Fsp3) is 0.933. The van der Waals surface area contributed by atoms with Crippen LogP contribution in [-0.2, 0) is 19.0 Å². The van der Waals surface area contributed by atoms with Crippen molar-refractivity contribution in [2.24, 2.45) is 11.7 Å². The van der Waals surface area contributed by atoms with Crippen LogP contribution in [0.25, 0.3) is 0 Å². The Hall–Kier alpha value is -0.650. The first-order valence-electron chi connectivity index (χ1n) is 7.82. The SMILES string of the molecule is CCOC(=O)C1(N)CCCC1CCOC1CCOCC1. The van der Waals surface area contributed by atoms with Gasteiger partial charge in [0.1, 0.15) is 5.54 Å². The molecular formula is C15H27NO4. The van der Waals surface area contributed by atoms with Gasteiger partial charge in [0.15, 0.2) is 0 Å². The third-order valence-electron chi connectivity index (χ3n) is 4.52. The zero-order valence-electron chi connectivity index (χ0n) is 12.4. The molecular weight excluding hydrogens is 258 g/mol. The maximum atomic E-state index is 12.0. The second-order valence-electron chi connectivity index (χ2n) is 5.82. The molecule has 0 aromatic heterocycles. The molecule has 0 amide bonds. The van der Waals surface area contributed by atoms with E-state index in [-0.39, 0.29) is 11.9 Å². The largest absolute Gasteiger partial charge is 0.465 e. The number of hydrogen-bond donors (Lipinski definition) is 1. The number of hydrogen-bond acceptors (Lipinski definition) is 5. The summed E-state index contributed by atoms with van der Waals surface area (Å²) in [5.41, 5.74) is 5.51. The lowest BCUT2D eigenvalue weighted by atomic mass is 9.86. The maximum absolute atomic E-state index is 12.0. The van der Waals surface area contributed by atoms with E-state index in [2.05, 4.69) is 0 Å². The van der Waals surface area contributed by atoms with Crippen LogP contribution in [0.1, 0.15) is 45.4 Å². The highest BCUT2D eigenvalue weighted by atomic mass is 16.5. The highest BCUT2D eigenvalue weighted by molar-refractivity contribution is 5.81. The first-order valence-corrected chi connectivity index (χ1v) is 7.82. The summed E-state index contributed by atoms with van der Waals surface area (Å²) in [7, 11) is 0. The molecule has 0 aromatic carbocycles. The minimum Gasteiger partial charge on any atom is -0.465 e. The zero-order valence-corrected chi connectivity index (χ0v) is 12.4. The molecule has 1 aliphatic carbocycles. The van der Waals surface area contributed by atoms with Crippen molar-refractivity contribution in [1.29, 1.82) is 0 Å². The smallest absolute Gasteiger partial charge is 0.326 e. The standard InChI is InChI=1S/C15H27NO4/c1-2-19-14(17)15(16)8-3-4-12(15)5-11-20-13-6-9-18-10-7-13/h12-13H,2-11,16H2,1H3. The first kappa shape index (κ1) is 15.7. The molecule has 0 aromatic rings. The van der Waals surface area contributed by atoms with E-state index in [4.69, 9.17) is 19.9 Å². The Morgan fingerprint density at radius 3 is 2.80 bits per heavy atom. The van der Waals surface area contributed by atoms with Crippen LogP contribution in [0.4, 0.5) is 0 Å². The van der Waals surface area contributed by atoms with Crippen LogP contribution in [0.3, 0.4) is 0 Å². The molecule has 2 unspecified atom stereocenters. The first-order chi connectivity index (χ1) is 9.66. The predicted octanol–water partition coefficient (Wildman–Crippen LogP) is 1.63. The van der Waals surface area contributed by atoms with Gasteiger partial charge in [-0.15, -0.1) is 0 Å². The number of carbonyl (C=O) groups is 1. The minimum absolute atomic E-state index is 0.182. The summed E-state index contributed by atoms with van der Waals surface area (Å²) >= 11 is 0. The molecule has 1 saturated carbocycles. The van der Waals surface area contributed by atoms with Crippen molar-refractivity contribution < 1.29 is 19.0 Å². The van der Waals surface area contributed by atoms with Gasteiger partial charge in [-0.25, -0.2) is 0 Å². The summed E-state index contributed by atoms with van der Waals surface area (Å²) in [6.07, 6.45) is 5.80. The van der Waals surface area contributed by atoms with E-state index in [0.717, 1.165) is 51.7 Å². The van der Waals surface area contributed by atoms with E-state index in [1.54, 1.807) is 0 Å². The Labute approximate surface area is 121 Å². The zero-order chi connectivity index (χ0) is 14.4. The van der Waals surface area contributed by atoms with Crippen molar-refractivity contribution in [2.45, 2.75) is 57.1 Å². The lowest BCUT2D eigenvalue weighted by Crippen LogP contribution is -2.52. The molecule has 2 atom stereocenters. The molecule has 0 bridgehead atoms. The fourth-order valence-electron chi connectivity index (χ4n) is 3.26. The van der Waals surface area contributed by atoms with Gasteiger partial charge in [0.2, 0.25) is 0 Å². The average Bonchev–Trinajstić information content (AvgIpc) is 2.83. The highest BCUT2D eigenvalue weighted by Crippen LogP contribution is 2.37. The Morgan fingerprint density at radius 2 is 2.10 bits per heavy atom. The number of esters is 1. The Balaban J connectivity index is 1.77. The van der Waals surface area contributed by atoms with Gasteiger partial charge < -0.3 is 19.9 Å². The van der Waals surface area contributed by atoms with E-state index in [1.165, 1.54) is 0 Å². The Morgan fingerprint density at radius 1 is 1.35 bits per heavy atom. The summed E-state index contributed by atoms with van der Waals surface area (Å²) in [6, 6.07) is 0. The fourth-order valence-corrected chi connectivity index (χ4v) is 3.26. The second-order valence-corrected chi connectivity index (χ2v) is 5.82. The van der Waals surface area contributed by atoms with Crippen molar-refractivity contribution in [3.05, 3.63) is 0 Å². The van der Waals surface area contributed by atoms with Crippen LogP contribution in [0.15, 0.2) is 0 Å². The van der Waals surface area contributed by atoms with E-state index < -0.39 is 5.54 Å². The van der Waals surface area contributed by atoms with Crippen LogP contribution in [-0.4, -0.2) is 44.0 Å². The van der Waals surface area contributed by atoms with Crippen LogP contribution >= 0.6 is 0 Å². The molecule has 1 heterocycles. The lowest BCUT2D eigenvalue weighted by molar-refractivity contribution is -0.151. The number of rotatable bonds is 6. The van der Waals surface area contributed by atoms with Crippen LogP contribution in [0, 0.1) is 5.92 Å². The highest BCUT2D eigenvalue weighted by Gasteiger charge is 2.46. The summed E-state index contributed by atoms with van der Waals surface area (Å²) < 4.78 is 16.3. The minimum atomic E-state index is -0.797. The molecule has 5 nitrogen and oxygen atoms in total. The third-order valence-corrected chi connectivity index (χ3v) is 4.52. The van der Waals surface area contributed by atoms with E-state index in [1.807, 2.05) is 6.92 Å². The quantitative estimate of drug-likeness (QED) is 0.751. The summed E-state index contributed by atoms with van der Waals surface area (Å²) in [5.74, 6) is -0.0602. The van der Waals surface area contributed by atoms with Crippen LogP contribution in [0.5, 0.6) is 0 Å². The third kappa shape index (κ3) is 3.71. The summed E-state index contributed by atoms with van der Waals surface area (Å²) in [4.78, 5) is 12.0. The van der Waals surface area contributed by atoms with Crippen molar-refractivity contribution in [1.82, 2.24) is 0 Å². The predicted molar refractivity (Wildman–Crippen MR) is 75.3 cm³/mol. The molecule has 1 saturated heterocycles. The average molecular weight is 285 g/mol. The number of ether oxygens (including phenoxy) is 3. The van der Waals surface area contributed by atoms with Gasteiger partial charge >= 0.3 is 5.97 Å². The van der Waals surface area contributed by atoms with Crippen molar-refractivity contribution >= 4 is 5.97 Å². The molecule has 1 aliphatic heterocycles. The molecule has 116 valence electrons. The Kier molecular flexibility index (Phi) is 5.81. The van der Waals surface area contributed by atoms with Crippen molar-refractivity contribution in [3.8, 4) is 0 Å². The molecule has 2 fully saturated rings. The summed E-state index contributed by atoms with van der Waals surface area (Å²) in [5, 5.41) is 0. The van der Waals surface area contributed by atoms with Gasteiger partial charge in [0, 0.05) is 19.8 Å².